The maximum Gasteiger partial charge on any atom is 0.119 e. The summed E-state index contributed by atoms with van der Waals surface area (Å²) in [4.78, 5) is 5.08. The number of nitrogens with zero attached hydrogens (tertiary/aromatic N) is 2. The van der Waals surface area contributed by atoms with E-state index in [0.717, 1.165) is 44.1 Å². The topological polar surface area (TPSA) is 24.9 Å². The van der Waals surface area contributed by atoms with Crippen molar-refractivity contribution in [3.05, 3.63) is 78.4 Å². The predicted octanol–water partition coefficient (Wildman–Crippen LogP) is 4.24. The van der Waals surface area contributed by atoms with Crippen molar-refractivity contribution in [1.29, 1.82) is 0 Å². The van der Waals surface area contributed by atoms with Crippen LogP contribution in [0.25, 0.3) is 0 Å². The van der Waals surface area contributed by atoms with Gasteiger partial charge in [-0.05, 0) is 48.4 Å². The molecule has 2 aromatic carbocycles. The number of allylic oxidation sites excluding steroid dienone is 2. The van der Waals surface area contributed by atoms with E-state index in [1.54, 1.807) is 14.2 Å². The van der Waals surface area contributed by atoms with Gasteiger partial charge in [0, 0.05) is 31.9 Å². The van der Waals surface area contributed by atoms with E-state index >= 15 is 0 Å². The molecule has 1 atom stereocenters. The molecule has 0 N–H and O–H groups in total. The summed E-state index contributed by atoms with van der Waals surface area (Å²) in [6, 6.07) is 16.9. The van der Waals surface area contributed by atoms with Crippen molar-refractivity contribution >= 4 is 5.69 Å². The monoisotopic (exact) mass is 376 g/mol. The summed E-state index contributed by atoms with van der Waals surface area (Å²) in [6.07, 6.45) is 9.97. The first-order valence-electron chi connectivity index (χ1n) is 9.88. The molecular formula is C24H28N2O2. The van der Waals surface area contributed by atoms with Gasteiger partial charge in [-0.25, -0.2) is 0 Å². The van der Waals surface area contributed by atoms with Gasteiger partial charge in [-0.3, -0.25) is 4.90 Å². The third-order valence-corrected chi connectivity index (χ3v) is 5.92. The number of hydrogen-bond acceptors (Lipinski definition) is 4. The summed E-state index contributed by atoms with van der Waals surface area (Å²) in [6.45, 7) is 4.08. The summed E-state index contributed by atoms with van der Waals surface area (Å²) >= 11 is 0. The molecule has 0 saturated carbocycles. The Balaban J connectivity index is 1.52. The number of rotatable bonds is 5. The highest BCUT2D eigenvalue weighted by atomic mass is 16.5. The zero-order valence-electron chi connectivity index (χ0n) is 16.7. The normalized spacial score (nSPS) is 22.3. The van der Waals surface area contributed by atoms with Crippen LogP contribution < -0.4 is 14.4 Å². The number of benzene rings is 2. The Labute approximate surface area is 167 Å². The lowest BCUT2D eigenvalue weighted by molar-refractivity contribution is 0.121. The van der Waals surface area contributed by atoms with Crippen LogP contribution in [0.5, 0.6) is 11.5 Å². The number of ether oxygens (including phenoxy) is 2. The van der Waals surface area contributed by atoms with E-state index in [4.69, 9.17) is 9.47 Å². The van der Waals surface area contributed by atoms with Crippen molar-refractivity contribution in [3.8, 4) is 11.5 Å². The maximum absolute atomic E-state index is 5.35. The summed E-state index contributed by atoms with van der Waals surface area (Å²) in [5, 5.41) is 0. The minimum Gasteiger partial charge on any atom is -0.497 e. The van der Waals surface area contributed by atoms with Crippen molar-refractivity contribution in [2.24, 2.45) is 0 Å². The van der Waals surface area contributed by atoms with Crippen LogP contribution in [-0.2, 0) is 5.54 Å². The van der Waals surface area contributed by atoms with Crippen LogP contribution in [0.3, 0.4) is 0 Å². The lowest BCUT2D eigenvalue weighted by atomic mass is 9.81. The summed E-state index contributed by atoms with van der Waals surface area (Å²) in [5.41, 5.74) is 2.51. The highest BCUT2D eigenvalue weighted by Gasteiger charge is 2.37. The van der Waals surface area contributed by atoms with Gasteiger partial charge in [0.05, 0.1) is 19.8 Å². The van der Waals surface area contributed by atoms with E-state index in [1.165, 1.54) is 11.3 Å². The van der Waals surface area contributed by atoms with Crippen molar-refractivity contribution in [1.82, 2.24) is 4.90 Å². The zero-order valence-corrected chi connectivity index (χ0v) is 16.7. The Morgan fingerprint density at radius 2 is 1.36 bits per heavy atom. The molecule has 2 aromatic rings. The van der Waals surface area contributed by atoms with Crippen molar-refractivity contribution < 1.29 is 9.47 Å². The highest BCUT2D eigenvalue weighted by Crippen LogP contribution is 2.38. The van der Waals surface area contributed by atoms with Gasteiger partial charge in [-0.1, -0.05) is 36.4 Å². The standard InChI is InChI=1S/C24H28N2O2/c1-27-22-10-6-20(7-11-22)24(14-4-3-5-15-24)26-18-16-25(17-19-26)21-8-12-23(28-2)13-9-21/h3-14H,15-19H2,1-2H3. The van der Waals surface area contributed by atoms with Gasteiger partial charge >= 0.3 is 0 Å². The number of methoxy groups -OCH3 is 2. The first-order valence-corrected chi connectivity index (χ1v) is 9.88. The van der Waals surface area contributed by atoms with Crippen LogP contribution in [0.1, 0.15) is 12.0 Å². The molecule has 1 unspecified atom stereocenters. The minimum atomic E-state index is -0.0764. The smallest absolute Gasteiger partial charge is 0.119 e. The SMILES string of the molecule is COc1ccc(N2CCN(C3(c4ccc(OC)cc4)C=CC=CC3)CC2)cc1. The number of piperazine rings is 1. The fourth-order valence-corrected chi connectivity index (χ4v) is 4.28. The lowest BCUT2D eigenvalue weighted by Gasteiger charge is -2.47. The van der Waals surface area contributed by atoms with Crippen LogP contribution in [0.4, 0.5) is 5.69 Å². The molecule has 1 aliphatic carbocycles. The molecule has 1 aliphatic heterocycles. The Hall–Kier alpha value is -2.72. The van der Waals surface area contributed by atoms with Crippen LogP contribution in [0.15, 0.2) is 72.8 Å². The average molecular weight is 377 g/mol. The van der Waals surface area contributed by atoms with Gasteiger partial charge in [0.1, 0.15) is 11.5 Å². The third kappa shape index (κ3) is 3.52. The molecule has 4 heteroatoms. The molecule has 0 aromatic heterocycles. The van der Waals surface area contributed by atoms with Gasteiger partial charge in [0.25, 0.3) is 0 Å². The predicted molar refractivity (Wildman–Crippen MR) is 114 cm³/mol. The Bertz CT molecular complexity index is 834. The molecule has 0 spiro atoms. The average Bonchev–Trinajstić information content (AvgIpc) is 2.80. The van der Waals surface area contributed by atoms with E-state index in [2.05, 4.69) is 70.5 Å². The van der Waals surface area contributed by atoms with Gasteiger partial charge in [0.2, 0.25) is 0 Å². The molecule has 146 valence electrons. The van der Waals surface area contributed by atoms with E-state index in [1.807, 2.05) is 12.1 Å². The molecule has 4 rings (SSSR count). The molecule has 0 bridgehead atoms. The largest absolute Gasteiger partial charge is 0.497 e. The Morgan fingerprint density at radius 3 is 1.89 bits per heavy atom. The molecule has 0 radical (unpaired) electrons. The molecule has 1 heterocycles. The van der Waals surface area contributed by atoms with E-state index < -0.39 is 0 Å². The zero-order chi connectivity index (χ0) is 19.4. The van der Waals surface area contributed by atoms with Crippen LogP contribution in [0, 0.1) is 0 Å². The van der Waals surface area contributed by atoms with Crippen LogP contribution in [-0.4, -0.2) is 45.3 Å². The second-order valence-electron chi connectivity index (χ2n) is 7.32. The first kappa shape index (κ1) is 18.6. The fraction of sp³-hybridized carbons (Fsp3) is 0.333. The van der Waals surface area contributed by atoms with Gasteiger partial charge in [-0.2, -0.15) is 0 Å². The quantitative estimate of drug-likeness (QED) is 0.779. The molecule has 0 amide bonds. The van der Waals surface area contributed by atoms with E-state index in [0.29, 0.717) is 0 Å². The fourth-order valence-electron chi connectivity index (χ4n) is 4.28. The van der Waals surface area contributed by atoms with Crippen molar-refractivity contribution in [2.75, 3.05) is 45.3 Å². The molecule has 4 nitrogen and oxygen atoms in total. The first-order chi connectivity index (χ1) is 13.7. The van der Waals surface area contributed by atoms with E-state index in [-0.39, 0.29) is 5.54 Å². The van der Waals surface area contributed by atoms with E-state index in [9.17, 15) is 0 Å². The second-order valence-corrected chi connectivity index (χ2v) is 7.32. The number of anilines is 1. The second kappa shape index (κ2) is 8.11. The summed E-state index contributed by atoms with van der Waals surface area (Å²) in [7, 11) is 3.42. The molecule has 2 aliphatic rings. The third-order valence-electron chi connectivity index (χ3n) is 5.92. The summed E-state index contributed by atoms with van der Waals surface area (Å²) in [5.74, 6) is 1.80. The molecule has 28 heavy (non-hydrogen) atoms. The van der Waals surface area contributed by atoms with Gasteiger partial charge in [-0.15, -0.1) is 0 Å². The highest BCUT2D eigenvalue weighted by molar-refractivity contribution is 5.50. The Morgan fingerprint density at radius 1 is 0.750 bits per heavy atom. The van der Waals surface area contributed by atoms with Crippen molar-refractivity contribution in [2.45, 2.75) is 12.0 Å². The van der Waals surface area contributed by atoms with Crippen LogP contribution >= 0.6 is 0 Å². The minimum absolute atomic E-state index is 0.0764. The van der Waals surface area contributed by atoms with Crippen LogP contribution in [0.2, 0.25) is 0 Å². The Kier molecular flexibility index (Phi) is 5.40. The number of hydrogen-bond donors (Lipinski definition) is 0. The van der Waals surface area contributed by atoms with Crippen molar-refractivity contribution in [3.63, 3.8) is 0 Å². The molecular weight excluding hydrogens is 348 g/mol. The maximum atomic E-state index is 5.35. The summed E-state index contributed by atoms with van der Waals surface area (Å²) < 4.78 is 10.6. The van der Waals surface area contributed by atoms with Gasteiger partial charge < -0.3 is 14.4 Å². The molecule has 1 saturated heterocycles. The lowest BCUT2D eigenvalue weighted by Crippen LogP contribution is -2.55. The molecule has 1 fully saturated rings. The van der Waals surface area contributed by atoms with Gasteiger partial charge in [0.15, 0.2) is 0 Å².